The molecule has 4 aromatic rings. The smallest absolute Gasteiger partial charge is 0.264 e. The Labute approximate surface area is 259 Å². The number of carbonyl (C=O) groups is 2. The normalized spacial score (nSPS) is 12.6. The number of rotatable bonds is 13. The molecule has 0 spiro atoms. The Kier molecular flexibility index (Phi) is 11.0. The van der Waals surface area contributed by atoms with Crippen LogP contribution in [0, 0.1) is 0 Å². The molecule has 0 radical (unpaired) electrons. The van der Waals surface area contributed by atoms with Crippen LogP contribution in [0.15, 0.2) is 120 Å². The number of nitrogens with one attached hydrogen (secondary N) is 1. The number of hydrogen-bond donors (Lipinski definition) is 1. The molecule has 0 bridgehead atoms. The van der Waals surface area contributed by atoms with E-state index in [4.69, 9.17) is 11.6 Å². The number of hydrogen-bond acceptors (Lipinski definition) is 4. The number of anilines is 1. The first-order valence-electron chi connectivity index (χ1n) is 14.2. The average Bonchev–Trinajstić information content (AvgIpc) is 3.03. The third kappa shape index (κ3) is 8.24. The fourth-order valence-electron chi connectivity index (χ4n) is 4.66. The van der Waals surface area contributed by atoms with Gasteiger partial charge in [0.05, 0.1) is 15.6 Å². The van der Waals surface area contributed by atoms with Crippen molar-refractivity contribution < 1.29 is 18.0 Å². The van der Waals surface area contributed by atoms with Crippen LogP contribution < -0.4 is 9.62 Å². The quantitative estimate of drug-likeness (QED) is 0.197. The second-order valence-electron chi connectivity index (χ2n) is 10.3. The van der Waals surface area contributed by atoms with Crippen molar-refractivity contribution >= 4 is 39.1 Å². The highest BCUT2D eigenvalue weighted by atomic mass is 35.5. The van der Waals surface area contributed by atoms with E-state index < -0.39 is 28.5 Å². The Morgan fingerprint density at radius 3 is 1.91 bits per heavy atom. The number of para-hydroxylation sites is 1. The minimum absolute atomic E-state index is 0.0210. The zero-order valence-electron chi connectivity index (χ0n) is 24.3. The fourth-order valence-corrected chi connectivity index (χ4v) is 6.40. The number of halogens is 1. The summed E-state index contributed by atoms with van der Waals surface area (Å²) in [7, 11) is -4.21. The molecule has 0 fully saturated rings. The molecule has 0 aliphatic rings. The lowest BCUT2D eigenvalue weighted by Gasteiger charge is -2.34. The molecule has 7 nitrogen and oxygen atoms in total. The first kappa shape index (κ1) is 31.8. The van der Waals surface area contributed by atoms with Gasteiger partial charge in [-0.05, 0) is 48.7 Å². The first-order chi connectivity index (χ1) is 20.7. The summed E-state index contributed by atoms with van der Waals surface area (Å²) in [6.45, 7) is 3.43. The monoisotopic (exact) mass is 617 g/mol. The van der Waals surface area contributed by atoms with Crippen molar-refractivity contribution in [1.82, 2.24) is 10.2 Å². The minimum atomic E-state index is -4.21. The fraction of sp³-hybridized carbons (Fsp3) is 0.235. The van der Waals surface area contributed by atoms with Gasteiger partial charge in [0.1, 0.15) is 12.6 Å². The summed E-state index contributed by atoms with van der Waals surface area (Å²) >= 11 is 6.50. The standard InChI is InChI=1S/C34H36ClN3O4S/c1-3-26(2)36-34(40)32(23-27-15-7-4-8-16-27)37(24-28-17-9-5-10-18-28)33(39)25-38(31-22-14-13-21-30(31)35)43(41,42)29-19-11-6-12-20-29/h4-22,26,32H,3,23-25H2,1-2H3,(H,36,40)/t26-,32+/m1/s1. The van der Waals surface area contributed by atoms with Gasteiger partial charge in [0.2, 0.25) is 11.8 Å². The number of sulfonamides is 1. The van der Waals surface area contributed by atoms with Crippen LogP contribution in [0.3, 0.4) is 0 Å². The van der Waals surface area contributed by atoms with E-state index in [1.807, 2.05) is 74.5 Å². The highest BCUT2D eigenvalue weighted by Crippen LogP contribution is 2.31. The van der Waals surface area contributed by atoms with E-state index in [9.17, 15) is 18.0 Å². The molecule has 0 saturated carbocycles. The van der Waals surface area contributed by atoms with Crippen LogP contribution in [0.4, 0.5) is 5.69 Å². The molecule has 0 aliphatic heterocycles. The number of benzene rings is 4. The van der Waals surface area contributed by atoms with Crippen LogP contribution in [-0.2, 0) is 32.6 Å². The first-order valence-corrected chi connectivity index (χ1v) is 16.0. The zero-order chi connectivity index (χ0) is 30.8. The topological polar surface area (TPSA) is 86.8 Å². The van der Waals surface area contributed by atoms with Crippen LogP contribution in [0.25, 0.3) is 0 Å². The molecule has 0 unspecified atom stereocenters. The maximum absolute atomic E-state index is 14.4. The largest absolute Gasteiger partial charge is 0.352 e. The lowest BCUT2D eigenvalue weighted by Crippen LogP contribution is -2.54. The Morgan fingerprint density at radius 2 is 1.33 bits per heavy atom. The third-order valence-electron chi connectivity index (χ3n) is 7.20. The highest BCUT2D eigenvalue weighted by Gasteiger charge is 2.35. The Morgan fingerprint density at radius 1 is 0.791 bits per heavy atom. The summed E-state index contributed by atoms with van der Waals surface area (Å²) in [5.41, 5.74) is 1.85. The predicted molar refractivity (Wildman–Crippen MR) is 171 cm³/mol. The van der Waals surface area contributed by atoms with E-state index in [1.54, 1.807) is 42.5 Å². The molecule has 2 atom stereocenters. The molecule has 0 aromatic heterocycles. The molecule has 0 saturated heterocycles. The molecule has 2 amide bonds. The van der Waals surface area contributed by atoms with Crippen LogP contribution in [0.1, 0.15) is 31.4 Å². The van der Waals surface area contributed by atoms with Crippen LogP contribution >= 0.6 is 11.6 Å². The summed E-state index contributed by atoms with van der Waals surface area (Å²) in [5.74, 6) is -0.846. The lowest BCUT2D eigenvalue weighted by molar-refractivity contribution is -0.140. The number of amides is 2. The second-order valence-corrected chi connectivity index (χ2v) is 12.6. The van der Waals surface area contributed by atoms with E-state index in [1.165, 1.54) is 17.0 Å². The second kappa shape index (κ2) is 14.8. The summed E-state index contributed by atoms with van der Waals surface area (Å²) in [5, 5.41) is 3.22. The lowest BCUT2D eigenvalue weighted by atomic mass is 10.0. The van der Waals surface area contributed by atoms with Gasteiger partial charge in [0, 0.05) is 19.0 Å². The summed E-state index contributed by atoms with van der Waals surface area (Å²) in [6, 6.07) is 32.2. The van der Waals surface area contributed by atoms with Crippen molar-refractivity contribution in [2.75, 3.05) is 10.8 Å². The van der Waals surface area contributed by atoms with Gasteiger partial charge in [-0.15, -0.1) is 0 Å². The summed E-state index contributed by atoms with van der Waals surface area (Å²) in [4.78, 5) is 29.7. The molecule has 43 heavy (non-hydrogen) atoms. The van der Waals surface area contributed by atoms with Gasteiger partial charge in [0.25, 0.3) is 10.0 Å². The predicted octanol–water partition coefficient (Wildman–Crippen LogP) is 6.09. The van der Waals surface area contributed by atoms with Crippen molar-refractivity contribution in [3.63, 3.8) is 0 Å². The van der Waals surface area contributed by atoms with Crippen molar-refractivity contribution in [1.29, 1.82) is 0 Å². The molecule has 0 aliphatic carbocycles. The van der Waals surface area contributed by atoms with Crippen LogP contribution in [0.5, 0.6) is 0 Å². The van der Waals surface area contributed by atoms with E-state index in [0.29, 0.717) is 6.42 Å². The summed E-state index contributed by atoms with van der Waals surface area (Å²) < 4.78 is 29.0. The van der Waals surface area contributed by atoms with Gasteiger partial charge < -0.3 is 10.2 Å². The van der Waals surface area contributed by atoms with Crippen molar-refractivity contribution in [3.05, 3.63) is 131 Å². The summed E-state index contributed by atoms with van der Waals surface area (Å²) in [6.07, 6.45) is 0.964. The van der Waals surface area contributed by atoms with E-state index in [0.717, 1.165) is 15.4 Å². The zero-order valence-corrected chi connectivity index (χ0v) is 25.8. The molecule has 224 valence electrons. The van der Waals surface area contributed by atoms with Gasteiger partial charge in [-0.3, -0.25) is 13.9 Å². The van der Waals surface area contributed by atoms with Gasteiger partial charge in [-0.2, -0.15) is 0 Å². The van der Waals surface area contributed by atoms with E-state index in [-0.39, 0.29) is 40.5 Å². The molecular weight excluding hydrogens is 582 g/mol. The van der Waals surface area contributed by atoms with E-state index >= 15 is 0 Å². The maximum atomic E-state index is 14.4. The third-order valence-corrected chi connectivity index (χ3v) is 9.29. The van der Waals surface area contributed by atoms with Gasteiger partial charge in [-0.25, -0.2) is 8.42 Å². The Balaban J connectivity index is 1.79. The van der Waals surface area contributed by atoms with Crippen LogP contribution in [0.2, 0.25) is 5.02 Å². The molecule has 0 heterocycles. The highest BCUT2D eigenvalue weighted by molar-refractivity contribution is 7.92. The molecular formula is C34H36ClN3O4S. The van der Waals surface area contributed by atoms with Gasteiger partial charge in [0.15, 0.2) is 0 Å². The molecule has 1 N–H and O–H groups in total. The SMILES string of the molecule is CC[C@@H](C)NC(=O)[C@H](Cc1ccccc1)N(Cc1ccccc1)C(=O)CN(c1ccccc1Cl)S(=O)(=O)c1ccccc1. The maximum Gasteiger partial charge on any atom is 0.264 e. The van der Waals surface area contributed by atoms with Crippen molar-refractivity contribution in [2.24, 2.45) is 0 Å². The van der Waals surface area contributed by atoms with Gasteiger partial charge in [-0.1, -0.05) is 110 Å². The Bertz CT molecular complexity index is 1600. The average molecular weight is 618 g/mol. The van der Waals surface area contributed by atoms with Gasteiger partial charge >= 0.3 is 0 Å². The number of carbonyl (C=O) groups excluding carboxylic acids is 2. The Hall–Kier alpha value is -4.14. The molecule has 4 aromatic carbocycles. The van der Waals surface area contributed by atoms with Crippen LogP contribution in [-0.4, -0.2) is 43.8 Å². The molecule has 4 rings (SSSR count). The molecule has 9 heteroatoms. The number of nitrogens with zero attached hydrogens (tertiary/aromatic N) is 2. The van der Waals surface area contributed by atoms with Crippen molar-refractivity contribution in [3.8, 4) is 0 Å². The van der Waals surface area contributed by atoms with Crippen molar-refractivity contribution in [2.45, 2.75) is 50.2 Å². The van der Waals surface area contributed by atoms with E-state index in [2.05, 4.69) is 5.32 Å². The minimum Gasteiger partial charge on any atom is -0.352 e.